The summed E-state index contributed by atoms with van der Waals surface area (Å²) in [5, 5.41) is 0. The molecule has 160 valence electrons. The molecule has 3 saturated carbocycles. The monoisotopic (exact) mass is 448 g/mol. The predicted octanol–water partition coefficient (Wildman–Crippen LogP) is 8.79. The van der Waals surface area contributed by atoms with Crippen molar-refractivity contribution in [2.75, 3.05) is 0 Å². The Labute approximate surface area is 183 Å². The van der Waals surface area contributed by atoms with Gasteiger partial charge in [-0.1, -0.05) is 81.5 Å². The number of alkyl halides is 1. The van der Waals surface area contributed by atoms with Gasteiger partial charge in [-0.25, -0.2) is 0 Å². The van der Waals surface area contributed by atoms with Gasteiger partial charge in [0.2, 0.25) is 0 Å². The fourth-order valence-corrected chi connectivity index (χ4v) is 9.37. The van der Waals surface area contributed by atoms with Crippen LogP contribution in [0, 0.1) is 46.3 Å². The van der Waals surface area contributed by atoms with Gasteiger partial charge in [0.25, 0.3) is 0 Å². The Morgan fingerprint density at radius 1 is 1.04 bits per heavy atom. The number of halogens is 1. The molecule has 0 radical (unpaired) electrons. The summed E-state index contributed by atoms with van der Waals surface area (Å²) in [6.07, 6.45) is 18.8. The lowest BCUT2D eigenvalue weighted by molar-refractivity contribution is -0.0418. The van der Waals surface area contributed by atoms with E-state index in [9.17, 15) is 0 Å². The van der Waals surface area contributed by atoms with Gasteiger partial charge in [0.15, 0.2) is 0 Å². The van der Waals surface area contributed by atoms with E-state index in [1.165, 1.54) is 70.6 Å². The van der Waals surface area contributed by atoms with Crippen molar-refractivity contribution in [3.8, 4) is 0 Å². The van der Waals surface area contributed by atoms with Crippen LogP contribution < -0.4 is 0 Å². The molecule has 8 atom stereocenters. The topological polar surface area (TPSA) is 0 Å². The smallest absolute Gasteiger partial charge is 0.0362 e. The average Bonchev–Trinajstić information content (AvgIpc) is 2.96. The highest BCUT2D eigenvalue weighted by atomic mass is 79.9. The van der Waals surface area contributed by atoms with E-state index in [2.05, 4.69) is 56.6 Å². The molecule has 0 bridgehead atoms. The fraction of sp³-hybridized carbons (Fsp3) is 0.926. The molecule has 0 nitrogen and oxygen atoms in total. The summed E-state index contributed by atoms with van der Waals surface area (Å²) in [4.78, 5) is 0.634. The maximum atomic E-state index is 4.22. The summed E-state index contributed by atoms with van der Waals surface area (Å²) in [6.45, 7) is 12.6. The maximum Gasteiger partial charge on any atom is 0.0362 e. The van der Waals surface area contributed by atoms with E-state index in [4.69, 9.17) is 0 Å². The minimum Gasteiger partial charge on any atom is -0.0842 e. The molecule has 0 aromatic heterocycles. The van der Waals surface area contributed by atoms with Crippen LogP contribution in [-0.2, 0) is 0 Å². The van der Waals surface area contributed by atoms with Gasteiger partial charge >= 0.3 is 0 Å². The zero-order valence-corrected chi connectivity index (χ0v) is 20.9. The quantitative estimate of drug-likeness (QED) is 0.223. The van der Waals surface area contributed by atoms with Crippen molar-refractivity contribution in [3.63, 3.8) is 0 Å². The second-order valence-electron chi connectivity index (χ2n) is 12.2. The van der Waals surface area contributed by atoms with E-state index in [-0.39, 0.29) is 0 Å². The first-order chi connectivity index (χ1) is 13.3. The first-order valence-corrected chi connectivity index (χ1v) is 13.5. The molecule has 0 aliphatic heterocycles. The SMILES string of the molecule is CC(C)CCCCC1CCC2C3C(Br)C=C4CC(C)CCC4(C)C3CCC12C. The summed E-state index contributed by atoms with van der Waals surface area (Å²) in [5.74, 6) is 5.54. The molecular formula is C27H45Br. The lowest BCUT2D eigenvalue weighted by Gasteiger charge is -2.59. The van der Waals surface area contributed by atoms with Crippen molar-refractivity contribution in [2.24, 2.45) is 46.3 Å². The molecule has 0 spiro atoms. The highest BCUT2D eigenvalue weighted by molar-refractivity contribution is 9.09. The van der Waals surface area contributed by atoms with Crippen molar-refractivity contribution in [2.45, 2.75) is 110 Å². The number of allylic oxidation sites excluding steroid dienone is 2. The van der Waals surface area contributed by atoms with Gasteiger partial charge in [-0.15, -0.1) is 0 Å². The fourth-order valence-electron chi connectivity index (χ4n) is 8.31. The molecule has 28 heavy (non-hydrogen) atoms. The Morgan fingerprint density at radius 2 is 1.82 bits per heavy atom. The highest BCUT2D eigenvalue weighted by Crippen LogP contribution is 2.67. The van der Waals surface area contributed by atoms with Crippen LogP contribution in [0.25, 0.3) is 0 Å². The number of hydrogen-bond acceptors (Lipinski definition) is 0. The Balaban J connectivity index is 1.50. The second kappa shape index (κ2) is 8.05. The maximum absolute atomic E-state index is 4.22. The van der Waals surface area contributed by atoms with Gasteiger partial charge in [0, 0.05) is 4.83 Å². The van der Waals surface area contributed by atoms with E-state index >= 15 is 0 Å². The van der Waals surface area contributed by atoms with Crippen molar-refractivity contribution in [3.05, 3.63) is 11.6 Å². The van der Waals surface area contributed by atoms with E-state index in [0.717, 1.165) is 35.5 Å². The minimum absolute atomic E-state index is 0.512. The standard InChI is InChI=1S/C27H45Br/c1-18(2)8-6-7-9-20-10-11-22-25-23(13-15-26(20,22)4)27(5)14-12-19(3)16-21(27)17-24(25)28/h17-20,22-25H,6-16H2,1-5H3. The van der Waals surface area contributed by atoms with Crippen LogP contribution in [0.1, 0.15) is 105 Å². The van der Waals surface area contributed by atoms with Gasteiger partial charge in [-0.3, -0.25) is 0 Å². The molecule has 4 aliphatic carbocycles. The van der Waals surface area contributed by atoms with Gasteiger partial charge in [0.05, 0.1) is 0 Å². The van der Waals surface area contributed by atoms with E-state index in [0.29, 0.717) is 15.7 Å². The van der Waals surface area contributed by atoms with Gasteiger partial charge < -0.3 is 0 Å². The van der Waals surface area contributed by atoms with Gasteiger partial charge in [-0.05, 0) is 97.7 Å². The lowest BCUT2D eigenvalue weighted by Crippen LogP contribution is -2.53. The third kappa shape index (κ3) is 3.58. The first-order valence-electron chi connectivity index (χ1n) is 12.6. The van der Waals surface area contributed by atoms with Crippen molar-refractivity contribution in [1.29, 1.82) is 0 Å². The molecule has 3 fully saturated rings. The average molecular weight is 450 g/mol. The van der Waals surface area contributed by atoms with Crippen molar-refractivity contribution < 1.29 is 0 Å². The Hall–Kier alpha value is 0.220. The van der Waals surface area contributed by atoms with Gasteiger partial charge in [-0.2, -0.15) is 0 Å². The summed E-state index contributed by atoms with van der Waals surface area (Å²) in [5.41, 5.74) is 2.95. The number of fused-ring (bicyclic) bond motifs is 5. The lowest BCUT2D eigenvalue weighted by atomic mass is 9.47. The molecule has 0 aromatic rings. The molecule has 4 aliphatic rings. The third-order valence-corrected chi connectivity index (χ3v) is 11.0. The molecule has 0 aromatic carbocycles. The summed E-state index contributed by atoms with van der Waals surface area (Å²) >= 11 is 4.22. The zero-order chi connectivity index (χ0) is 20.1. The summed E-state index contributed by atoms with van der Waals surface area (Å²) in [7, 11) is 0. The molecule has 0 heterocycles. The van der Waals surface area contributed by atoms with E-state index in [1.54, 1.807) is 0 Å². The van der Waals surface area contributed by atoms with Crippen molar-refractivity contribution >= 4 is 15.9 Å². The molecule has 4 rings (SSSR count). The molecule has 1 heteroatoms. The Morgan fingerprint density at radius 3 is 2.57 bits per heavy atom. The van der Waals surface area contributed by atoms with Crippen LogP contribution >= 0.6 is 15.9 Å². The summed E-state index contributed by atoms with van der Waals surface area (Å²) < 4.78 is 0. The van der Waals surface area contributed by atoms with Crippen LogP contribution in [0.3, 0.4) is 0 Å². The Bertz CT molecular complexity index is 591. The predicted molar refractivity (Wildman–Crippen MR) is 126 cm³/mol. The largest absolute Gasteiger partial charge is 0.0842 e. The summed E-state index contributed by atoms with van der Waals surface area (Å²) in [6, 6.07) is 0. The van der Waals surface area contributed by atoms with E-state index in [1.807, 2.05) is 5.57 Å². The number of rotatable bonds is 5. The first kappa shape index (κ1) is 21.5. The third-order valence-electron chi connectivity index (χ3n) is 10.1. The number of hydrogen-bond donors (Lipinski definition) is 0. The Kier molecular flexibility index (Phi) is 6.17. The molecule has 0 saturated heterocycles. The van der Waals surface area contributed by atoms with Crippen LogP contribution in [0.2, 0.25) is 0 Å². The normalized spacial score (nSPS) is 48.0. The molecule has 0 amide bonds. The van der Waals surface area contributed by atoms with Crippen LogP contribution in [0.5, 0.6) is 0 Å². The van der Waals surface area contributed by atoms with Crippen molar-refractivity contribution in [1.82, 2.24) is 0 Å². The number of unbranched alkanes of at least 4 members (excludes halogenated alkanes) is 1. The minimum atomic E-state index is 0.512. The molecular weight excluding hydrogens is 404 g/mol. The highest BCUT2D eigenvalue weighted by Gasteiger charge is 2.59. The zero-order valence-electron chi connectivity index (χ0n) is 19.3. The van der Waals surface area contributed by atoms with Crippen LogP contribution in [0.15, 0.2) is 11.6 Å². The van der Waals surface area contributed by atoms with Crippen LogP contribution in [-0.4, -0.2) is 4.83 Å². The van der Waals surface area contributed by atoms with Gasteiger partial charge in [0.1, 0.15) is 0 Å². The van der Waals surface area contributed by atoms with E-state index < -0.39 is 0 Å². The second-order valence-corrected chi connectivity index (χ2v) is 13.2. The molecule has 8 unspecified atom stereocenters. The molecule has 0 N–H and O–H groups in total. The van der Waals surface area contributed by atoms with Crippen LogP contribution in [0.4, 0.5) is 0 Å².